The van der Waals surface area contributed by atoms with Crippen LogP contribution in [-0.4, -0.2) is 40.7 Å². The van der Waals surface area contributed by atoms with Crippen molar-refractivity contribution >= 4 is 22.8 Å². The van der Waals surface area contributed by atoms with E-state index in [1.54, 1.807) is 7.11 Å². The van der Waals surface area contributed by atoms with Crippen LogP contribution in [0.4, 0.5) is 0 Å². The van der Waals surface area contributed by atoms with Gasteiger partial charge >= 0.3 is 0 Å². The zero-order chi connectivity index (χ0) is 13.9. The van der Waals surface area contributed by atoms with Crippen molar-refractivity contribution in [1.29, 1.82) is 0 Å². The first-order chi connectivity index (χ1) is 9.83. The van der Waals surface area contributed by atoms with Crippen molar-refractivity contribution in [3.63, 3.8) is 0 Å². The molecule has 1 atom stereocenters. The number of rotatable bonds is 4. The van der Waals surface area contributed by atoms with Gasteiger partial charge in [0.1, 0.15) is 11.3 Å². The van der Waals surface area contributed by atoms with Crippen molar-refractivity contribution in [2.75, 3.05) is 26.2 Å². The predicted octanol–water partition coefficient (Wildman–Crippen LogP) is 2.57. The van der Waals surface area contributed by atoms with E-state index in [1.165, 1.54) is 0 Å². The summed E-state index contributed by atoms with van der Waals surface area (Å²) in [6.07, 6.45) is 2.88. The standard InChI is InChI=1S/C14H18ClN3O2/c1-19-13-5-4-11-14(17-13)18(12(16-11)6-7-15)10-3-2-8-20-9-10/h4-5,10H,2-3,6-9H2,1H3. The van der Waals surface area contributed by atoms with Gasteiger partial charge in [-0.2, -0.15) is 4.98 Å². The molecule has 1 aliphatic heterocycles. The first-order valence-corrected chi connectivity index (χ1v) is 7.42. The number of hydrogen-bond donors (Lipinski definition) is 0. The molecule has 6 heteroatoms. The molecule has 0 aromatic carbocycles. The van der Waals surface area contributed by atoms with Crippen molar-refractivity contribution in [2.24, 2.45) is 0 Å². The highest BCUT2D eigenvalue weighted by atomic mass is 35.5. The summed E-state index contributed by atoms with van der Waals surface area (Å²) in [6.45, 7) is 1.55. The van der Waals surface area contributed by atoms with Crippen LogP contribution in [0.5, 0.6) is 5.88 Å². The van der Waals surface area contributed by atoms with Crippen molar-refractivity contribution in [2.45, 2.75) is 25.3 Å². The summed E-state index contributed by atoms with van der Waals surface area (Å²) in [5.74, 6) is 2.13. The highest BCUT2D eigenvalue weighted by molar-refractivity contribution is 6.17. The van der Waals surface area contributed by atoms with Gasteiger partial charge < -0.3 is 14.0 Å². The number of ether oxygens (including phenoxy) is 2. The lowest BCUT2D eigenvalue weighted by Crippen LogP contribution is -2.23. The second-order valence-electron chi connectivity index (χ2n) is 4.90. The maximum absolute atomic E-state index is 5.90. The Morgan fingerprint density at radius 3 is 3.05 bits per heavy atom. The van der Waals surface area contributed by atoms with Gasteiger partial charge in [0, 0.05) is 25.0 Å². The average molecular weight is 296 g/mol. The number of nitrogens with zero attached hydrogens (tertiary/aromatic N) is 3. The van der Waals surface area contributed by atoms with Crippen LogP contribution in [-0.2, 0) is 11.2 Å². The normalized spacial score (nSPS) is 19.4. The molecule has 1 saturated heterocycles. The molecule has 2 aromatic rings. The lowest BCUT2D eigenvalue weighted by Gasteiger charge is -2.25. The van der Waals surface area contributed by atoms with E-state index in [2.05, 4.69) is 14.5 Å². The molecule has 0 aliphatic carbocycles. The Balaban J connectivity index is 2.10. The van der Waals surface area contributed by atoms with E-state index in [0.29, 0.717) is 18.4 Å². The fourth-order valence-corrected chi connectivity index (χ4v) is 2.86. The molecule has 3 heterocycles. The summed E-state index contributed by atoms with van der Waals surface area (Å²) < 4.78 is 13.0. The fourth-order valence-electron chi connectivity index (χ4n) is 2.69. The maximum Gasteiger partial charge on any atom is 0.215 e. The van der Waals surface area contributed by atoms with E-state index < -0.39 is 0 Å². The maximum atomic E-state index is 5.90. The second-order valence-corrected chi connectivity index (χ2v) is 5.28. The molecule has 0 bridgehead atoms. The number of alkyl halides is 1. The molecule has 3 rings (SSSR count). The lowest BCUT2D eigenvalue weighted by atomic mass is 10.1. The molecule has 1 unspecified atom stereocenters. The van der Waals surface area contributed by atoms with E-state index in [-0.39, 0.29) is 6.04 Å². The first-order valence-electron chi connectivity index (χ1n) is 6.89. The van der Waals surface area contributed by atoms with Crippen molar-refractivity contribution in [3.05, 3.63) is 18.0 Å². The van der Waals surface area contributed by atoms with Crippen LogP contribution < -0.4 is 4.74 Å². The minimum atomic E-state index is 0.284. The minimum Gasteiger partial charge on any atom is -0.481 e. The Kier molecular flexibility index (Phi) is 4.08. The average Bonchev–Trinajstić information content (AvgIpc) is 2.85. The van der Waals surface area contributed by atoms with Crippen LogP contribution in [0, 0.1) is 0 Å². The fraction of sp³-hybridized carbons (Fsp3) is 0.571. The number of aryl methyl sites for hydroxylation is 1. The second kappa shape index (κ2) is 5.97. The predicted molar refractivity (Wildman–Crippen MR) is 77.6 cm³/mol. The Labute approximate surface area is 122 Å². The largest absolute Gasteiger partial charge is 0.481 e. The van der Waals surface area contributed by atoms with E-state index in [4.69, 9.17) is 21.1 Å². The summed E-state index contributed by atoms with van der Waals surface area (Å²) >= 11 is 5.90. The Morgan fingerprint density at radius 2 is 2.35 bits per heavy atom. The Morgan fingerprint density at radius 1 is 1.45 bits per heavy atom. The number of hydrogen-bond acceptors (Lipinski definition) is 4. The third-order valence-corrected chi connectivity index (χ3v) is 3.80. The number of halogens is 1. The van der Waals surface area contributed by atoms with Crippen molar-refractivity contribution < 1.29 is 9.47 Å². The van der Waals surface area contributed by atoms with Crippen LogP contribution in [0.2, 0.25) is 0 Å². The summed E-state index contributed by atoms with van der Waals surface area (Å²) in [4.78, 5) is 9.21. The van der Waals surface area contributed by atoms with E-state index in [9.17, 15) is 0 Å². The summed E-state index contributed by atoms with van der Waals surface area (Å²) in [6, 6.07) is 4.06. The molecular weight excluding hydrogens is 278 g/mol. The van der Waals surface area contributed by atoms with Crippen LogP contribution >= 0.6 is 11.6 Å². The minimum absolute atomic E-state index is 0.284. The zero-order valence-corrected chi connectivity index (χ0v) is 12.3. The first kappa shape index (κ1) is 13.6. The lowest BCUT2D eigenvalue weighted by molar-refractivity contribution is 0.0594. The van der Waals surface area contributed by atoms with Crippen molar-refractivity contribution in [3.8, 4) is 5.88 Å². The SMILES string of the molecule is COc1ccc2nc(CCCl)n(C3CCCOC3)c2n1. The molecular formula is C14H18ClN3O2. The zero-order valence-electron chi connectivity index (χ0n) is 11.5. The quantitative estimate of drug-likeness (QED) is 0.814. The van der Waals surface area contributed by atoms with E-state index >= 15 is 0 Å². The molecule has 2 aromatic heterocycles. The number of imidazole rings is 1. The monoisotopic (exact) mass is 295 g/mol. The molecule has 5 nitrogen and oxygen atoms in total. The molecule has 1 fully saturated rings. The van der Waals surface area contributed by atoms with Gasteiger partial charge in [-0.3, -0.25) is 0 Å². The summed E-state index contributed by atoms with van der Waals surface area (Å²) in [5.41, 5.74) is 1.75. The van der Waals surface area contributed by atoms with Crippen LogP contribution in [0.25, 0.3) is 11.2 Å². The molecule has 108 valence electrons. The van der Waals surface area contributed by atoms with Gasteiger partial charge in [0.05, 0.1) is 19.8 Å². The highest BCUT2D eigenvalue weighted by Crippen LogP contribution is 2.27. The van der Waals surface area contributed by atoms with Crippen LogP contribution in [0.15, 0.2) is 12.1 Å². The summed E-state index contributed by atoms with van der Waals surface area (Å²) in [5, 5.41) is 0. The number of fused-ring (bicyclic) bond motifs is 1. The molecule has 0 radical (unpaired) electrons. The van der Waals surface area contributed by atoms with Gasteiger partial charge in [0.15, 0.2) is 5.65 Å². The van der Waals surface area contributed by atoms with Gasteiger partial charge in [-0.25, -0.2) is 4.98 Å². The molecule has 0 saturated carbocycles. The molecule has 0 amide bonds. The van der Waals surface area contributed by atoms with E-state index in [0.717, 1.165) is 42.9 Å². The van der Waals surface area contributed by atoms with Gasteiger partial charge in [-0.05, 0) is 18.9 Å². The van der Waals surface area contributed by atoms with Crippen LogP contribution in [0.3, 0.4) is 0 Å². The Bertz CT molecular complexity index is 593. The Hall–Kier alpha value is -1.33. The molecule has 20 heavy (non-hydrogen) atoms. The third-order valence-electron chi connectivity index (χ3n) is 3.61. The molecule has 0 N–H and O–H groups in total. The smallest absolute Gasteiger partial charge is 0.215 e. The van der Waals surface area contributed by atoms with E-state index in [1.807, 2.05) is 12.1 Å². The summed E-state index contributed by atoms with van der Waals surface area (Å²) in [7, 11) is 1.62. The third kappa shape index (κ3) is 2.47. The van der Waals surface area contributed by atoms with Gasteiger partial charge in [-0.1, -0.05) is 0 Å². The number of aromatic nitrogens is 3. The van der Waals surface area contributed by atoms with Gasteiger partial charge in [0.25, 0.3) is 0 Å². The topological polar surface area (TPSA) is 49.2 Å². The van der Waals surface area contributed by atoms with Gasteiger partial charge in [-0.15, -0.1) is 11.6 Å². The van der Waals surface area contributed by atoms with Crippen LogP contribution in [0.1, 0.15) is 24.7 Å². The molecule has 1 aliphatic rings. The highest BCUT2D eigenvalue weighted by Gasteiger charge is 2.22. The number of pyridine rings is 1. The number of methoxy groups -OCH3 is 1. The molecule has 0 spiro atoms. The van der Waals surface area contributed by atoms with Gasteiger partial charge in [0.2, 0.25) is 5.88 Å². The van der Waals surface area contributed by atoms with Crippen molar-refractivity contribution in [1.82, 2.24) is 14.5 Å².